The molecule has 1 aromatic heterocycles. The van der Waals surface area contributed by atoms with Gasteiger partial charge in [-0.25, -0.2) is 19.2 Å². The molecule has 1 aliphatic rings. The molecule has 8 rings (SSSR count). The molecule has 0 spiro atoms. The number of carbonyl (C=O) groups excluding carboxylic acids is 4. The van der Waals surface area contributed by atoms with E-state index in [1.807, 2.05) is 147 Å². The second-order valence-corrected chi connectivity index (χ2v) is 34.0. The van der Waals surface area contributed by atoms with E-state index in [2.05, 4.69) is 158 Å². The van der Waals surface area contributed by atoms with Crippen molar-refractivity contribution in [1.29, 1.82) is 0 Å². The molecule has 0 bridgehead atoms. The van der Waals surface area contributed by atoms with Crippen LogP contribution in [0.1, 0.15) is 139 Å². The summed E-state index contributed by atoms with van der Waals surface area (Å²) in [7, 11) is -0.443. The molecule has 4 amide bonds. The summed E-state index contributed by atoms with van der Waals surface area (Å²) in [5.41, 5.74) is 39.4. The van der Waals surface area contributed by atoms with Gasteiger partial charge in [0, 0.05) is 164 Å². The van der Waals surface area contributed by atoms with Crippen molar-refractivity contribution in [3.8, 4) is 22.3 Å². The first-order chi connectivity index (χ1) is 52.3. The molecule has 1 aliphatic heterocycles. The number of ether oxygens (including phenoxy) is 4. The normalized spacial score (nSPS) is 13.6. The smallest absolute Gasteiger partial charge is 0.444 e. The first kappa shape index (κ1) is 92.2. The summed E-state index contributed by atoms with van der Waals surface area (Å²) >= 11 is 3.49. The predicted molar refractivity (Wildman–Crippen MR) is 455 cm³/mol. The number of fused-ring (bicyclic) bond motifs is 3. The molecule has 0 aliphatic carbocycles. The van der Waals surface area contributed by atoms with Crippen LogP contribution in [0.4, 0.5) is 19.2 Å². The molecule has 6 aromatic carbocycles. The molecule has 14 N–H and O–H groups in total. The topological polar surface area (TPSA) is 320 Å². The van der Waals surface area contributed by atoms with Gasteiger partial charge in [0.1, 0.15) is 22.4 Å². The number of aromatic nitrogens is 1. The number of nitrogens with two attached hydrogens (primary N) is 5. The van der Waals surface area contributed by atoms with Crippen LogP contribution in [0.2, 0.25) is 0 Å². The summed E-state index contributed by atoms with van der Waals surface area (Å²) in [5, 5.41) is 13.7. The van der Waals surface area contributed by atoms with E-state index in [1.165, 1.54) is 55.2 Å². The molecule has 2 heterocycles. The number of halogens is 1. The van der Waals surface area contributed by atoms with Crippen molar-refractivity contribution in [2.45, 2.75) is 184 Å². The molecule has 26 heteroatoms. The quantitative estimate of drug-likeness (QED) is 0.0134. The largest absolute Gasteiger partial charge is 0.494 e. The zero-order chi connectivity index (χ0) is 81.7. The minimum Gasteiger partial charge on any atom is -0.444 e. The lowest BCUT2D eigenvalue weighted by atomic mass is 9.78. The Balaban J connectivity index is 0.000000267. The van der Waals surface area contributed by atoms with Crippen LogP contribution in [0.25, 0.3) is 44.1 Å². The van der Waals surface area contributed by atoms with Crippen molar-refractivity contribution in [3.05, 3.63) is 160 Å². The fourth-order valence-electron chi connectivity index (χ4n) is 12.5. The fourth-order valence-corrected chi connectivity index (χ4v) is 12.9. The van der Waals surface area contributed by atoms with Gasteiger partial charge in [-0.2, -0.15) is 0 Å². The molecule has 610 valence electrons. The molecule has 111 heavy (non-hydrogen) atoms. The molecular formula is C85H130BBrN14O10. The van der Waals surface area contributed by atoms with Gasteiger partial charge < -0.3 is 82.8 Å². The third kappa shape index (κ3) is 32.7. The van der Waals surface area contributed by atoms with E-state index in [0.717, 1.165) is 73.3 Å². The number of nitrogens with zero attached hydrogens (tertiary/aromatic N) is 5. The Bertz CT molecular complexity index is 3840. The SMILES string of the molecule is CC(C)(C)OC(=O)NCCN(CCNC(=O)OC(C)(C)C)Cc1cccc(B2OC(C)(C)C(C)(C)O2)c1.CC(C)(C)OC(=O)NCCN(CCNC(=O)OC(C)(C)C)Cc1cccc(Br)c1.NCCCn1c2cc(-c3cccc(CN(CCN)CCN)c3)ccc2c2ccc(-c3cccc(CN(CCN)CCN)c3)cc21. The molecule has 1 saturated heterocycles. The van der Waals surface area contributed by atoms with Crippen LogP contribution in [0.5, 0.6) is 0 Å². The lowest BCUT2D eigenvalue weighted by molar-refractivity contribution is 0.00578. The van der Waals surface area contributed by atoms with Gasteiger partial charge in [0.25, 0.3) is 0 Å². The average molecular weight is 1600 g/mol. The molecule has 24 nitrogen and oxygen atoms in total. The first-order valence-electron chi connectivity index (χ1n) is 39.0. The number of nitrogens with one attached hydrogen (secondary N) is 4. The van der Waals surface area contributed by atoms with Crippen LogP contribution >= 0.6 is 15.9 Å². The monoisotopic (exact) mass is 1600 g/mol. The predicted octanol–water partition coefficient (Wildman–Crippen LogP) is 12.1. The fraction of sp³-hybridized carbons (Fsp3) is 0.529. The van der Waals surface area contributed by atoms with Crippen LogP contribution in [-0.4, -0.2) is 201 Å². The zero-order valence-corrected chi connectivity index (χ0v) is 70.7. The Morgan fingerprint density at radius 3 is 1.04 bits per heavy atom. The number of amides is 4. The Morgan fingerprint density at radius 2 is 0.712 bits per heavy atom. The highest BCUT2D eigenvalue weighted by molar-refractivity contribution is 9.10. The van der Waals surface area contributed by atoms with E-state index in [0.29, 0.717) is 98.2 Å². The first-order valence-corrected chi connectivity index (χ1v) is 39.8. The Morgan fingerprint density at radius 1 is 0.405 bits per heavy atom. The minimum atomic E-state index is -0.560. The van der Waals surface area contributed by atoms with Crippen molar-refractivity contribution in [2.75, 3.05) is 111 Å². The molecule has 7 aromatic rings. The van der Waals surface area contributed by atoms with E-state index in [4.69, 9.17) is 56.9 Å². The molecule has 1 fully saturated rings. The van der Waals surface area contributed by atoms with E-state index in [1.54, 1.807) is 0 Å². The van der Waals surface area contributed by atoms with Crippen molar-refractivity contribution < 1.29 is 47.4 Å². The minimum absolute atomic E-state index is 0.401. The highest BCUT2D eigenvalue weighted by atomic mass is 79.9. The van der Waals surface area contributed by atoms with E-state index in [-0.39, 0.29) is 0 Å². The van der Waals surface area contributed by atoms with Gasteiger partial charge in [0.2, 0.25) is 0 Å². The molecule has 0 radical (unpaired) electrons. The van der Waals surface area contributed by atoms with Crippen molar-refractivity contribution in [2.24, 2.45) is 28.7 Å². The van der Waals surface area contributed by atoms with Crippen LogP contribution in [0.3, 0.4) is 0 Å². The number of benzene rings is 6. The van der Waals surface area contributed by atoms with Crippen LogP contribution < -0.4 is 55.4 Å². The summed E-state index contributed by atoms with van der Waals surface area (Å²) in [6.07, 6.45) is -0.878. The number of aryl methyl sites for hydroxylation is 1. The highest BCUT2D eigenvalue weighted by Gasteiger charge is 2.51. The Hall–Kier alpha value is -7.70. The maximum atomic E-state index is 12.1. The van der Waals surface area contributed by atoms with Crippen LogP contribution in [-0.2, 0) is 61.0 Å². The van der Waals surface area contributed by atoms with Gasteiger partial charge in [-0.05, 0) is 210 Å². The van der Waals surface area contributed by atoms with E-state index in [9.17, 15) is 19.2 Å². The van der Waals surface area contributed by atoms with Crippen molar-refractivity contribution >= 4 is 74.7 Å². The molecular weight excluding hydrogens is 1470 g/mol. The van der Waals surface area contributed by atoms with Gasteiger partial charge in [0.05, 0.1) is 11.2 Å². The second-order valence-electron chi connectivity index (χ2n) is 33.1. The number of rotatable bonds is 34. The van der Waals surface area contributed by atoms with Gasteiger partial charge in [-0.15, -0.1) is 0 Å². The average Bonchev–Trinajstić information content (AvgIpc) is 1.61. The Labute approximate surface area is 669 Å². The number of carbonyl (C=O) groups is 4. The maximum Gasteiger partial charge on any atom is 0.494 e. The van der Waals surface area contributed by atoms with Crippen molar-refractivity contribution in [1.82, 2.24) is 45.4 Å². The molecule has 0 atom stereocenters. The second kappa shape index (κ2) is 43.5. The maximum absolute atomic E-state index is 12.1. The number of alkyl carbamates (subject to hydrolysis) is 4. The standard InChI is InChI=1S/C37H50N8.C27H46BN3O6.C21H34BrN3O4/c38-12-3-17-45-36-24-32(30-6-1-4-28(22-30)26-43(18-13-39)19-14-40)8-10-34(36)35-11-9-33(25-37(35)45)31-7-2-5-29(23-31)27-44(20-15-41)21-16-42;1-24(2,3)34-22(32)29-14-16-31(17-15-30-23(33)35-25(4,5)6)19-20-12-11-13-21(18-20)28-36-26(7,8)27(9,10)37-28;1-20(2,3)28-18(26)23-10-12-25(15-16-8-7-9-17(22)14-16)13-11-24-19(27)29-21(4,5)6/h1-2,4-11,22-25H,3,12-21,26-27,38-42H2;11-13,18H,14-17,19H2,1-10H3,(H,29,32)(H,30,33);7-9,14H,10-13,15H2,1-6H3,(H,23,26)(H,24,27). The number of hydrogen-bond acceptors (Lipinski definition) is 19. The Kier molecular flexibility index (Phi) is 36.1. The van der Waals surface area contributed by atoms with E-state index < -0.39 is 65.1 Å². The highest BCUT2D eigenvalue weighted by Crippen LogP contribution is 2.38. The third-order valence-electron chi connectivity index (χ3n) is 18.1. The summed E-state index contributed by atoms with van der Waals surface area (Å²) in [5.74, 6) is 0. The molecule has 0 unspecified atom stereocenters. The summed E-state index contributed by atoms with van der Waals surface area (Å²) in [6.45, 7) is 44.4. The van der Waals surface area contributed by atoms with Crippen molar-refractivity contribution in [3.63, 3.8) is 0 Å². The van der Waals surface area contributed by atoms with Gasteiger partial charge >= 0.3 is 31.5 Å². The number of hydrogen-bond donors (Lipinski definition) is 9. The summed E-state index contributed by atoms with van der Waals surface area (Å²) in [6, 6.07) is 47.5. The van der Waals surface area contributed by atoms with Gasteiger partial charge in [-0.1, -0.05) is 113 Å². The third-order valence-corrected chi connectivity index (χ3v) is 18.6. The van der Waals surface area contributed by atoms with Gasteiger partial charge in [-0.3, -0.25) is 19.6 Å². The van der Waals surface area contributed by atoms with Gasteiger partial charge in [0.15, 0.2) is 0 Å². The van der Waals surface area contributed by atoms with Crippen LogP contribution in [0, 0.1) is 0 Å². The lowest BCUT2D eigenvalue weighted by Crippen LogP contribution is -2.41. The molecule has 0 saturated carbocycles. The van der Waals surface area contributed by atoms with Crippen LogP contribution in [0.15, 0.2) is 138 Å². The lowest BCUT2D eigenvalue weighted by Gasteiger charge is -2.32. The summed E-state index contributed by atoms with van der Waals surface area (Å²) in [4.78, 5) is 56.8. The summed E-state index contributed by atoms with van der Waals surface area (Å²) < 4.78 is 37.1. The van der Waals surface area contributed by atoms with E-state index >= 15 is 0 Å². The zero-order valence-electron chi connectivity index (χ0n) is 69.1.